The van der Waals surface area contributed by atoms with Crippen molar-refractivity contribution in [3.8, 4) is 51.0 Å². The molecule has 6 aromatic carbocycles. The van der Waals surface area contributed by atoms with E-state index in [-0.39, 0.29) is 0 Å². The van der Waals surface area contributed by atoms with Crippen molar-refractivity contribution in [2.75, 3.05) is 0 Å². The molecule has 0 atom stereocenters. The summed E-state index contributed by atoms with van der Waals surface area (Å²) in [5.74, 6) is 1.78. The highest BCUT2D eigenvalue weighted by Crippen LogP contribution is 2.38. The van der Waals surface area contributed by atoms with Crippen LogP contribution in [0.2, 0.25) is 0 Å². The summed E-state index contributed by atoms with van der Waals surface area (Å²) < 4.78 is 2.30. The van der Waals surface area contributed by atoms with Crippen LogP contribution in [0.4, 0.5) is 5.69 Å². The highest BCUT2D eigenvalue weighted by Gasteiger charge is 2.20. The van der Waals surface area contributed by atoms with Crippen LogP contribution in [0.5, 0.6) is 0 Å². The number of nitrogens with zero attached hydrogens (tertiary/aromatic N) is 5. The molecule has 210 valence electrons. The van der Waals surface area contributed by atoms with Crippen molar-refractivity contribution >= 4 is 27.5 Å². The fourth-order valence-corrected chi connectivity index (χ4v) is 5.96. The van der Waals surface area contributed by atoms with Crippen molar-refractivity contribution in [3.05, 3.63) is 163 Å². The van der Waals surface area contributed by atoms with Crippen LogP contribution in [0.15, 0.2) is 152 Å². The Morgan fingerprint density at radius 3 is 1.56 bits per heavy atom. The Labute approximate surface area is 260 Å². The van der Waals surface area contributed by atoms with E-state index in [1.807, 2.05) is 84.9 Å². The number of aromatic nitrogens is 4. The smallest absolute Gasteiger partial charge is 0.187 e. The fraction of sp³-hybridized carbons (Fsp3) is 0. The van der Waals surface area contributed by atoms with Crippen LogP contribution in [-0.2, 0) is 0 Å². The lowest BCUT2D eigenvalue weighted by atomic mass is 10.0. The van der Waals surface area contributed by atoms with E-state index in [0.29, 0.717) is 23.2 Å². The number of fused-ring (bicyclic) bond motifs is 3. The van der Waals surface area contributed by atoms with Gasteiger partial charge in [-0.25, -0.2) is 19.8 Å². The molecule has 0 amide bonds. The maximum Gasteiger partial charge on any atom is 0.187 e. The lowest BCUT2D eigenvalue weighted by Crippen LogP contribution is -2.04. The molecule has 0 radical (unpaired) electrons. The van der Waals surface area contributed by atoms with Gasteiger partial charge < -0.3 is 4.57 Å². The van der Waals surface area contributed by atoms with Gasteiger partial charge in [-0.15, -0.1) is 0 Å². The SMILES string of the molecule is [C-]#[N+]c1cccc(-c2ccc(-n3c4ccccc4c4ccccc43)c(-c3nc(-c4ccccc4)nc(-c4ccccc4)n3)c2)c1. The predicted octanol–water partition coefficient (Wildman–Crippen LogP) is 10.2. The molecular weight excluding hydrogens is 550 g/mol. The molecule has 2 aromatic heterocycles. The van der Waals surface area contributed by atoms with Gasteiger partial charge in [-0.3, -0.25) is 0 Å². The highest BCUT2D eigenvalue weighted by atomic mass is 15.1. The lowest BCUT2D eigenvalue weighted by Gasteiger charge is -2.16. The van der Waals surface area contributed by atoms with E-state index in [9.17, 15) is 0 Å². The van der Waals surface area contributed by atoms with Crippen LogP contribution in [-0.4, -0.2) is 19.5 Å². The van der Waals surface area contributed by atoms with E-state index in [2.05, 4.69) is 76.1 Å². The van der Waals surface area contributed by atoms with Crippen molar-refractivity contribution < 1.29 is 0 Å². The standard InChI is InChI=1S/C40H25N5/c1-41-31-18-12-17-29(25-31)30-23-24-37(45-35-21-10-8-19-32(35)33-20-9-11-22-36(33)45)34(26-30)40-43-38(27-13-4-2-5-14-27)42-39(44-40)28-15-6-3-7-16-28/h2-26H. The minimum atomic E-state index is 0.572. The average Bonchev–Trinajstić information content (AvgIpc) is 3.46. The first-order chi connectivity index (χ1) is 22.3. The third-order valence-electron chi connectivity index (χ3n) is 8.07. The van der Waals surface area contributed by atoms with Gasteiger partial charge in [-0.1, -0.05) is 121 Å². The van der Waals surface area contributed by atoms with Crippen molar-refractivity contribution in [1.29, 1.82) is 0 Å². The molecule has 2 heterocycles. The molecule has 0 aliphatic rings. The highest BCUT2D eigenvalue weighted by molar-refractivity contribution is 6.09. The first kappa shape index (κ1) is 26.3. The Morgan fingerprint density at radius 1 is 0.444 bits per heavy atom. The zero-order valence-electron chi connectivity index (χ0n) is 24.2. The van der Waals surface area contributed by atoms with Gasteiger partial charge in [0, 0.05) is 27.5 Å². The van der Waals surface area contributed by atoms with E-state index in [1.54, 1.807) is 0 Å². The Hall–Kier alpha value is -6.38. The van der Waals surface area contributed by atoms with Crippen LogP contribution in [0.3, 0.4) is 0 Å². The first-order valence-electron chi connectivity index (χ1n) is 14.7. The fourth-order valence-electron chi connectivity index (χ4n) is 5.96. The summed E-state index contributed by atoms with van der Waals surface area (Å²) in [4.78, 5) is 18.8. The van der Waals surface area contributed by atoms with Crippen LogP contribution < -0.4 is 0 Å². The monoisotopic (exact) mass is 575 g/mol. The molecule has 5 nitrogen and oxygen atoms in total. The maximum absolute atomic E-state index is 7.57. The summed E-state index contributed by atoms with van der Waals surface area (Å²) >= 11 is 0. The van der Waals surface area contributed by atoms with Crippen LogP contribution in [0.25, 0.3) is 77.6 Å². The number of rotatable bonds is 5. The summed E-state index contributed by atoms with van der Waals surface area (Å²) in [6, 6.07) is 51.1. The van der Waals surface area contributed by atoms with Crippen molar-refractivity contribution in [1.82, 2.24) is 19.5 Å². The van der Waals surface area contributed by atoms with Crippen LogP contribution in [0, 0.1) is 6.57 Å². The lowest BCUT2D eigenvalue weighted by molar-refractivity contribution is 1.06. The zero-order valence-corrected chi connectivity index (χ0v) is 24.2. The van der Waals surface area contributed by atoms with Crippen LogP contribution in [0.1, 0.15) is 0 Å². The Balaban J connectivity index is 1.46. The van der Waals surface area contributed by atoms with Gasteiger partial charge in [0.15, 0.2) is 23.2 Å². The topological polar surface area (TPSA) is 48.0 Å². The third kappa shape index (κ3) is 4.71. The molecule has 45 heavy (non-hydrogen) atoms. The molecule has 0 aliphatic heterocycles. The molecule has 8 aromatic rings. The molecule has 0 saturated carbocycles. The molecule has 8 rings (SSSR count). The number of para-hydroxylation sites is 2. The molecular formula is C40H25N5. The largest absolute Gasteiger partial charge is 0.309 e. The first-order valence-corrected chi connectivity index (χ1v) is 14.7. The van der Waals surface area contributed by atoms with Gasteiger partial charge in [0.05, 0.1) is 23.3 Å². The third-order valence-corrected chi connectivity index (χ3v) is 8.07. The Kier molecular flexibility index (Phi) is 6.44. The van der Waals surface area contributed by atoms with E-state index in [0.717, 1.165) is 44.5 Å². The molecule has 0 unspecified atom stereocenters. The number of benzene rings is 6. The van der Waals surface area contributed by atoms with Gasteiger partial charge >= 0.3 is 0 Å². The second-order valence-electron chi connectivity index (χ2n) is 10.8. The second-order valence-corrected chi connectivity index (χ2v) is 10.8. The van der Waals surface area contributed by atoms with Gasteiger partial charge in [-0.2, -0.15) is 0 Å². The molecule has 0 aliphatic carbocycles. The van der Waals surface area contributed by atoms with Crippen LogP contribution >= 0.6 is 0 Å². The van der Waals surface area contributed by atoms with E-state index >= 15 is 0 Å². The minimum Gasteiger partial charge on any atom is -0.309 e. The quantitative estimate of drug-likeness (QED) is 0.192. The predicted molar refractivity (Wildman–Crippen MR) is 182 cm³/mol. The summed E-state index contributed by atoms with van der Waals surface area (Å²) in [5, 5.41) is 2.36. The molecule has 0 spiro atoms. The van der Waals surface area contributed by atoms with Gasteiger partial charge in [0.2, 0.25) is 0 Å². The normalized spacial score (nSPS) is 11.1. The number of hydrogen-bond acceptors (Lipinski definition) is 3. The molecule has 0 N–H and O–H groups in total. The van der Waals surface area contributed by atoms with E-state index < -0.39 is 0 Å². The van der Waals surface area contributed by atoms with Crippen molar-refractivity contribution in [2.24, 2.45) is 0 Å². The zero-order chi connectivity index (χ0) is 30.2. The Bertz CT molecular complexity index is 2270. The van der Waals surface area contributed by atoms with Crippen molar-refractivity contribution in [3.63, 3.8) is 0 Å². The molecule has 0 fully saturated rings. The molecule has 0 bridgehead atoms. The summed E-state index contributed by atoms with van der Waals surface area (Å²) in [6.45, 7) is 7.57. The second kappa shape index (κ2) is 11.0. The van der Waals surface area contributed by atoms with E-state index in [1.165, 1.54) is 10.8 Å². The van der Waals surface area contributed by atoms with Gasteiger partial charge in [0.1, 0.15) is 0 Å². The summed E-state index contributed by atoms with van der Waals surface area (Å²) in [7, 11) is 0. The molecule has 0 saturated heterocycles. The van der Waals surface area contributed by atoms with Crippen molar-refractivity contribution in [2.45, 2.75) is 0 Å². The number of hydrogen-bond donors (Lipinski definition) is 0. The average molecular weight is 576 g/mol. The molecule has 5 heteroatoms. The van der Waals surface area contributed by atoms with Gasteiger partial charge in [-0.05, 0) is 41.5 Å². The maximum atomic E-state index is 7.57. The minimum absolute atomic E-state index is 0.572. The summed E-state index contributed by atoms with van der Waals surface area (Å²) in [6.07, 6.45) is 0. The summed E-state index contributed by atoms with van der Waals surface area (Å²) in [5.41, 5.74) is 8.38. The van der Waals surface area contributed by atoms with Gasteiger partial charge in [0.25, 0.3) is 0 Å². The Morgan fingerprint density at radius 2 is 0.956 bits per heavy atom. The van der Waals surface area contributed by atoms with E-state index in [4.69, 9.17) is 21.5 Å².